The molecule has 0 spiro atoms. The normalized spacial score (nSPS) is 10.9. The van der Waals surface area contributed by atoms with Crippen molar-refractivity contribution < 1.29 is 9.90 Å². The van der Waals surface area contributed by atoms with Gasteiger partial charge >= 0.3 is 5.97 Å². The number of carbonyl (C=O) groups is 1. The van der Waals surface area contributed by atoms with E-state index in [2.05, 4.69) is 17.1 Å². The fraction of sp³-hybridized carbons (Fsp3) is 0.455. The summed E-state index contributed by atoms with van der Waals surface area (Å²) in [5.74, 6) is -0.711. The first-order valence-corrected chi connectivity index (χ1v) is 5.11. The molecule has 4 nitrogen and oxygen atoms in total. The summed E-state index contributed by atoms with van der Waals surface area (Å²) < 4.78 is 1.98. The molecular weight excluding hydrogens is 192 g/mol. The fourth-order valence-electron chi connectivity index (χ4n) is 1.25. The van der Waals surface area contributed by atoms with Crippen molar-refractivity contribution in [1.82, 2.24) is 9.55 Å². The summed E-state index contributed by atoms with van der Waals surface area (Å²) in [4.78, 5) is 14.1. The van der Waals surface area contributed by atoms with Crippen LogP contribution in [0.15, 0.2) is 30.9 Å². The number of aliphatic carboxylic acids is 1. The topological polar surface area (TPSA) is 55.1 Å². The van der Waals surface area contributed by atoms with E-state index in [1.807, 2.05) is 10.8 Å². The van der Waals surface area contributed by atoms with E-state index in [4.69, 9.17) is 5.11 Å². The number of hydrogen-bond donors (Lipinski definition) is 1. The van der Waals surface area contributed by atoms with Crippen molar-refractivity contribution in [3.05, 3.63) is 30.9 Å². The van der Waals surface area contributed by atoms with E-state index >= 15 is 0 Å². The first-order valence-electron chi connectivity index (χ1n) is 5.11. The van der Waals surface area contributed by atoms with Gasteiger partial charge in [-0.3, -0.25) is 4.79 Å². The lowest BCUT2D eigenvalue weighted by molar-refractivity contribution is -0.137. The standard InChI is InChI=1S/C11H16N2O2/c14-11(15)6-4-2-1-3-5-8-13-9-7-12-10-13/h3,5,7,9-10H,1-2,4,6,8H2,(H,14,15). The maximum atomic E-state index is 10.2. The van der Waals surface area contributed by atoms with Crippen LogP contribution in [0.2, 0.25) is 0 Å². The summed E-state index contributed by atoms with van der Waals surface area (Å²) >= 11 is 0. The number of carboxylic acid groups (broad SMARTS) is 1. The lowest BCUT2D eigenvalue weighted by Gasteiger charge is -1.95. The Morgan fingerprint density at radius 2 is 2.27 bits per heavy atom. The highest BCUT2D eigenvalue weighted by molar-refractivity contribution is 5.66. The average Bonchev–Trinajstić information content (AvgIpc) is 2.68. The molecule has 0 atom stereocenters. The molecule has 1 N–H and O–H groups in total. The Morgan fingerprint density at radius 1 is 1.40 bits per heavy atom. The molecule has 0 saturated heterocycles. The molecule has 1 heterocycles. The zero-order valence-electron chi connectivity index (χ0n) is 8.67. The maximum Gasteiger partial charge on any atom is 0.303 e. The Kier molecular flexibility index (Phi) is 5.22. The van der Waals surface area contributed by atoms with Gasteiger partial charge in [0.15, 0.2) is 0 Å². The number of carboxylic acids is 1. The molecule has 0 unspecified atom stereocenters. The fourth-order valence-corrected chi connectivity index (χ4v) is 1.25. The molecule has 0 aliphatic rings. The van der Waals surface area contributed by atoms with Gasteiger partial charge < -0.3 is 9.67 Å². The van der Waals surface area contributed by atoms with E-state index in [0.717, 1.165) is 25.8 Å². The van der Waals surface area contributed by atoms with Crippen LogP contribution < -0.4 is 0 Å². The van der Waals surface area contributed by atoms with Gasteiger partial charge in [0.05, 0.1) is 6.33 Å². The summed E-state index contributed by atoms with van der Waals surface area (Å²) in [6.07, 6.45) is 12.5. The number of nitrogens with zero attached hydrogens (tertiary/aromatic N) is 2. The van der Waals surface area contributed by atoms with E-state index in [1.165, 1.54) is 0 Å². The molecule has 0 radical (unpaired) electrons. The third kappa shape index (κ3) is 5.67. The highest BCUT2D eigenvalue weighted by atomic mass is 16.4. The van der Waals surface area contributed by atoms with Crippen LogP contribution in [-0.2, 0) is 11.3 Å². The predicted molar refractivity (Wildman–Crippen MR) is 57.5 cm³/mol. The molecule has 0 fully saturated rings. The number of hydrogen-bond acceptors (Lipinski definition) is 2. The smallest absolute Gasteiger partial charge is 0.303 e. The van der Waals surface area contributed by atoms with Gasteiger partial charge in [-0.05, 0) is 19.3 Å². The van der Waals surface area contributed by atoms with E-state index in [-0.39, 0.29) is 6.42 Å². The van der Waals surface area contributed by atoms with E-state index in [1.54, 1.807) is 12.5 Å². The van der Waals surface area contributed by atoms with Crippen molar-refractivity contribution in [3.63, 3.8) is 0 Å². The molecule has 0 bridgehead atoms. The van der Waals surface area contributed by atoms with Crippen LogP contribution in [0.3, 0.4) is 0 Å². The minimum absolute atomic E-state index is 0.273. The first-order chi connectivity index (χ1) is 7.29. The van der Waals surface area contributed by atoms with E-state index in [9.17, 15) is 4.79 Å². The molecular formula is C11H16N2O2. The van der Waals surface area contributed by atoms with Gasteiger partial charge in [-0.25, -0.2) is 4.98 Å². The van der Waals surface area contributed by atoms with Gasteiger partial charge in [-0.15, -0.1) is 0 Å². The Bertz CT molecular complexity index is 304. The Hall–Kier alpha value is -1.58. The van der Waals surface area contributed by atoms with Crippen molar-refractivity contribution in [2.75, 3.05) is 0 Å². The van der Waals surface area contributed by atoms with Gasteiger partial charge in [0, 0.05) is 25.4 Å². The lowest BCUT2D eigenvalue weighted by atomic mass is 10.2. The molecule has 15 heavy (non-hydrogen) atoms. The molecule has 1 aromatic heterocycles. The molecule has 82 valence electrons. The number of imidazole rings is 1. The lowest BCUT2D eigenvalue weighted by Crippen LogP contribution is -1.93. The quantitative estimate of drug-likeness (QED) is 0.551. The van der Waals surface area contributed by atoms with Crippen molar-refractivity contribution in [2.45, 2.75) is 32.2 Å². The van der Waals surface area contributed by atoms with Gasteiger partial charge in [-0.1, -0.05) is 12.2 Å². The Balaban J connectivity index is 2.00. The summed E-state index contributed by atoms with van der Waals surface area (Å²) in [5.41, 5.74) is 0. The van der Waals surface area contributed by atoms with Gasteiger partial charge in [0.1, 0.15) is 0 Å². The number of allylic oxidation sites excluding steroid dienone is 2. The number of unbranched alkanes of at least 4 members (excludes halogenated alkanes) is 2. The molecule has 1 aromatic rings. The second-order valence-corrected chi connectivity index (χ2v) is 3.37. The van der Waals surface area contributed by atoms with Crippen LogP contribution in [-0.4, -0.2) is 20.6 Å². The van der Waals surface area contributed by atoms with Crippen LogP contribution in [0.25, 0.3) is 0 Å². The number of rotatable bonds is 7. The van der Waals surface area contributed by atoms with Crippen molar-refractivity contribution >= 4 is 5.97 Å². The van der Waals surface area contributed by atoms with Crippen LogP contribution in [0.5, 0.6) is 0 Å². The SMILES string of the molecule is O=C(O)CCCCC=CCn1ccnc1. The summed E-state index contributed by atoms with van der Waals surface area (Å²) in [6.45, 7) is 0.832. The summed E-state index contributed by atoms with van der Waals surface area (Å²) in [5, 5.41) is 8.41. The number of aromatic nitrogens is 2. The van der Waals surface area contributed by atoms with Crippen LogP contribution >= 0.6 is 0 Å². The van der Waals surface area contributed by atoms with Gasteiger partial charge in [0.25, 0.3) is 0 Å². The molecule has 0 aromatic carbocycles. The summed E-state index contributed by atoms with van der Waals surface area (Å²) in [6, 6.07) is 0. The Morgan fingerprint density at radius 3 is 2.93 bits per heavy atom. The third-order valence-corrected chi connectivity index (χ3v) is 2.05. The molecule has 0 aliphatic heterocycles. The minimum Gasteiger partial charge on any atom is -0.481 e. The second kappa shape index (κ2) is 6.81. The van der Waals surface area contributed by atoms with E-state index in [0.29, 0.717) is 0 Å². The molecule has 0 aliphatic carbocycles. The maximum absolute atomic E-state index is 10.2. The highest BCUT2D eigenvalue weighted by Crippen LogP contribution is 2.00. The average molecular weight is 208 g/mol. The monoisotopic (exact) mass is 208 g/mol. The third-order valence-electron chi connectivity index (χ3n) is 2.05. The van der Waals surface area contributed by atoms with Crippen LogP contribution in [0.4, 0.5) is 0 Å². The molecule has 0 saturated carbocycles. The minimum atomic E-state index is -0.711. The molecule has 0 amide bonds. The highest BCUT2D eigenvalue weighted by Gasteiger charge is 1.94. The molecule has 4 heteroatoms. The van der Waals surface area contributed by atoms with Crippen LogP contribution in [0, 0.1) is 0 Å². The van der Waals surface area contributed by atoms with E-state index < -0.39 is 5.97 Å². The largest absolute Gasteiger partial charge is 0.481 e. The Labute approximate surface area is 89.3 Å². The van der Waals surface area contributed by atoms with Crippen molar-refractivity contribution in [1.29, 1.82) is 0 Å². The van der Waals surface area contributed by atoms with Crippen molar-refractivity contribution in [3.8, 4) is 0 Å². The summed E-state index contributed by atoms with van der Waals surface area (Å²) in [7, 11) is 0. The van der Waals surface area contributed by atoms with Crippen LogP contribution in [0.1, 0.15) is 25.7 Å². The second-order valence-electron chi connectivity index (χ2n) is 3.37. The first kappa shape index (κ1) is 11.5. The van der Waals surface area contributed by atoms with Gasteiger partial charge in [-0.2, -0.15) is 0 Å². The zero-order valence-corrected chi connectivity index (χ0v) is 8.67. The predicted octanol–water partition coefficient (Wildman–Crippen LogP) is 2.08. The van der Waals surface area contributed by atoms with Gasteiger partial charge in [0.2, 0.25) is 0 Å². The molecule has 1 rings (SSSR count). The van der Waals surface area contributed by atoms with Crippen molar-refractivity contribution in [2.24, 2.45) is 0 Å². The zero-order chi connectivity index (χ0) is 10.9.